The van der Waals surface area contributed by atoms with Crippen molar-refractivity contribution in [2.24, 2.45) is 0 Å². The first-order valence-corrected chi connectivity index (χ1v) is 10.6. The molecule has 29 heavy (non-hydrogen) atoms. The minimum Gasteiger partial charge on any atom is -0.496 e. The second-order valence-electron chi connectivity index (χ2n) is 6.20. The molecule has 0 aliphatic heterocycles. The Balaban J connectivity index is 1.70. The van der Waals surface area contributed by atoms with Gasteiger partial charge in [-0.25, -0.2) is 0 Å². The number of benzene rings is 2. The van der Waals surface area contributed by atoms with Crippen LogP contribution < -0.4 is 15.4 Å². The van der Waals surface area contributed by atoms with Gasteiger partial charge in [-0.2, -0.15) is 0 Å². The monoisotopic (exact) mass is 492 g/mol. The van der Waals surface area contributed by atoms with Gasteiger partial charge in [-0.1, -0.05) is 39.7 Å². The van der Waals surface area contributed by atoms with Crippen LogP contribution in [0.15, 0.2) is 53.0 Å². The second kappa shape index (κ2) is 9.43. The number of carbonyl (C=O) groups is 2. The number of hydrogen-bond acceptors (Lipinski definition) is 4. The van der Waals surface area contributed by atoms with E-state index in [9.17, 15) is 9.59 Å². The predicted molar refractivity (Wildman–Crippen MR) is 120 cm³/mol. The first kappa shape index (κ1) is 21.4. The zero-order valence-electron chi connectivity index (χ0n) is 15.7. The quantitative estimate of drug-likeness (QED) is 0.465. The number of nitrogens with one attached hydrogen (secondary N) is 2. The summed E-state index contributed by atoms with van der Waals surface area (Å²) in [4.78, 5) is 25.6. The Bertz CT molecular complexity index is 1070. The number of halogens is 2. The van der Waals surface area contributed by atoms with Crippen molar-refractivity contribution < 1.29 is 14.3 Å². The van der Waals surface area contributed by atoms with Crippen molar-refractivity contribution in [1.82, 2.24) is 5.32 Å². The summed E-state index contributed by atoms with van der Waals surface area (Å²) in [6.07, 6.45) is 0. The van der Waals surface area contributed by atoms with Crippen LogP contribution in [0.1, 0.15) is 31.2 Å². The zero-order chi connectivity index (χ0) is 21.0. The highest BCUT2D eigenvalue weighted by Crippen LogP contribution is 2.28. The molecule has 3 rings (SSSR count). The van der Waals surface area contributed by atoms with E-state index in [1.807, 2.05) is 25.1 Å². The van der Waals surface area contributed by atoms with Crippen molar-refractivity contribution in [2.45, 2.75) is 13.5 Å². The lowest BCUT2D eigenvalue weighted by Crippen LogP contribution is -2.22. The average Bonchev–Trinajstić information content (AvgIpc) is 3.06. The fourth-order valence-corrected chi connectivity index (χ4v) is 4.35. The van der Waals surface area contributed by atoms with Gasteiger partial charge in [0.05, 0.1) is 27.6 Å². The van der Waals surface area contributed by atoms with Crippen LogP contribution in [0.25, 0.3) is 0 Å². The van der Waals surface area contributed by atoms with E-state index in [1.54, 1.807) is 37.4 Å². The lowest BCUT2D eigenvalue weighted by atomic mass is 10.2. The Morgan fingerprint density at radius 1 is 1.14 bits per heavy atom. The van der Waals surface area contributed by atoms with Crippen molar-refractivity contribution in [3.05, 3.63) is 79.6 Å². The summed E-state index contributed by atoms with van der Waals surface area (Å²) >= 11 is 10.7. The molecule has 0 bridgehead atoms. The second-order valence-corrected chi connectivity index (χ2v) is 8.57. The van der Waals surface area contributed by atoms with Gasteiger partial charge in [-0.05, 0) is 48.9 Å². The normalized spacial score (nSPS) is 10.5. The van der Waals surface area contributed by atoms with E-state index in [4.69, 9.17) is 16.3 Å². The summed E-state index contributed by atoms with van der Waals surface area (Å²) in [5, 5.41) is 6.66. The minimum absolute atomic E-state index is 0.215. The molecule has 0 aliphatic carbocycles. The molecule has 8 heteroatoms. The van der Waals surface area contributed by atoms with Gasteiger partial charge in [0.25, 0.3) is 11.8 Å². The molecule has 0 unspecified atom stereocenters. The number of thiophene rings is 1. The molecular formula is C21H18BrClN2O3S. The van der Waals surface area contributed by atoms with Gasteiger partial charge in [0.1, 0.15) is 5.75 Å². The van der Waals surface area contributed by atoms with Crippen LogP contribution in [-0.4, -0.2) is 18.9 Å². The molecule has 1 aromatic heterocycles. The number of methoxy groups -OCH3 is 1. The summed E-state index contributed by atoms with van der Waals surface area (Å²) < 4.78 is 6.24. The molecule has 0 aliphatic rings. The van der Waals surface area contributed by atoms with Gasteiger partial charge < -0.3 is 15.4 Å². The Morgan fingerprint density at radius 2 is 1.90 bits per heavy atom. The maximum Gasteiger partial charge on any atom is 0.261 e. The van der Waals surface area contributed by atoms with E-state index in [1.165, 1.54) is 11.3 Å². The molecule has 2 amide bonds. The molecule has 2 aromatic carbocycles. The van der Waals surface area contributed by atoms with Crippen LogP contribution in [-0.2, 0) is 6.54 Å². The third-order valence-corrected chi connectivity index (χ3v) is 6.14. The maximum absolute atomic E-state index is 12.7. The molecule has 0 saturated carbocycles. The lowest BCUT2D eigenvalue weighted by Gasteiger charge is -2.10. The van der Waals surface area contributed by atoms with Crippen molar-refractivity contribution in [3.63, 3.8) is 0 Å². The zero-order valence-corrected chi connectivity index (χ0v) is 18.9. The summed E-state index contributed by atoms with van der Waals surface area (Å²) in [5.74, 6) is 0.166. The van der Waals surface area contributed by atoms with Crippen molar-refractivity contribution in [3.8, 4) is 5.75 Å². The van der Waals surface area contributed by atoms with Gasteiger partial charge in [0, 0.05) is 16.6 Å². The summed E-state index contributed by atoms with van der Waals surface area (Å²) in [6, 6.07) is 14.2. The van der Waals surface area contributed by atoms with Crippen LogP contribution in [0.2, 0.25) is 5.02 Å². The molecule has 5 nitrogen and oxygen atoms in total. The van der Waals surface area contributed by atoms with Crippen LogP contribution >= 0.6 is 38.9 Å². The molecule has 0 spiro atoms. The van der Waals surface area contributed by atoms with Crippen LogP contribution in [0.5, 0.6) is 5.75 Å². The maximum atomic E-state index is 12.7. The first-order valence-electron chi connectivity index (χ1n) is 8.66. The largest absolute Gasteiger partial charge is 0.496 e. The van der Waals surface area contributed by atoms with E-state index >= 15 is 0 Å². The summed E-state index contributed by atoms with van der Waals surface area (Å²) in [7, 11) is 1.59. The molecule has 0 radical (unpaired) electrons. The number of aryl methyl sites for hydroxylation is 1. The fraction of sp³-hybridized carbons (Fsp3) is 0.143. The summed E-state index contributed by atoms with van der Waals surface area (Å²) in [6.45, 7) is 2.15. The van der Waals surface area contributed by atoms with Gasteiger partial charge >= 0.3 is 0 Å². The van der Waals surface area contributed by atoms with E-state index in [0.717, 1.165) is 15.6 Å². The average molecular weight is 494 g/mol. The number of anilines is 1. The number of rotatable bonds is 6. The standard InChI is InChI=1S/C21H18BrClN2O3S/c1-12-9-18(25-20(26)15-5-3-4-6-16(15)23)29-19(12)21(27)24-11-13-10-14(22)7-8-17(13)28-2/h3-10H,11H2,1-2H3,(H,24,27)(H,25,26). The fourth-order valence-electron chi connectivity index (χ4n) is 2.73. The molecule has 0 atom stereocenters. The third kappa shape index (κ3) is 5.18. The number of amides is 2. The third-order valence-electron chi connectivity index (χ3n) is 4.16. The van der Waals surface area contributed by atoms with Crippen LogP contribution in [0.4, 0.5) is 5.00 Å². The molecule has 0 fully saturated rings. The Morgan fingerprint density at radius 3 is 2.62 bits per heavy atom. The van der Waals surface area contributed by atoms with E-state index < -0.39 is 0 Å². The Kier molecular flexibility index (Phi) is 6.95. The highest BCUT2D eigenvalue weighted by molar-refractivity contribution is 9.10. The van der Waals surface area contributed by atoms with Gasteiger partial charge in [-0.3, -0.25) is 9.59 Å². The Labute approximate surface area is 186 Å². The smallest absolute Gasteiger partial charge is 0.261 e. The lowest BCUT2D eigenvalue weighted by molar-refractivity contribution is 0.0953. The topological polar surface area (TPSA) is 67.4 Å². The highest BCUT2D eigenvalue weighted by atomic mass is 79.9. The highest BCUT2D eigenvalue weighted by Gasteiger charge is 2.17. The van der Waals surface area contributed by atoms with Crippen LogP contribution in [0, 0.1) is 6.92 Å². The van der Waals surface area contributed by atoms with E-state index in [0.29, 0.717) is 32.8 Å². The molecule has 2 N–H and O–H groups in total. The van der Waals surface area contributed by atoms with Gasteiger partial charge in [-0.15, -0.1) is 11.3 Å². The first-order chi connectivity index (χ1) is 13.9. The van der Waals surface area contributed by atoms with Gasteiger partial charge in [0.2, 0.25) is 0 Å². The molecule has 3 aromatic rings. The van der Waals surface area contributed by atoms with Crippen LogP contribution in [0.3, 0.4) is 0 Å². The number of hydrogen-bond donors (Lipinski definition) is 2. The Hall–Kier alpha value is -2.35. The number of ether oxygens (including phenoxy) is 1. The number of carbonyl (C=O) groups excluding carboxylic acids is 2. The minimum atomic E-state index is -0.317. The van der Waals surface area contributed by atoms with E-state index in [2.05, 4.69) is 26.6 Å². The van der Waals surface area contributed by atoms with Gasteiger partial charge in [0.15, 0.2) is 0 Å². The van der Waals surface area contributed by atoms with Crippen molar-refractivity contribution >= 4 is 55.7 Å². The van der Waals surface area contributed by atoms with Crippen molar-refractivity contribution in [1.29, 1.82) is 0 Å². The van der Waals surface area contributed by atoms with Crippen molar-refractivity contribution in [2.75, 3.05) is 12.4 Å². The predicted octanol–water partition coefficient (Wildman–Crippen LogP) is 5.66. The summed E-state index contributed by atoms with van der Waals surface area (Å²) in [5.41, 5.74) is 2.02. The molecule has 0 saturated heterocycles. The molecule has 1 heterocycles. The van der Waals surface area contributed by atoms with E-state index in [-0.39, 0.29) is 11.8 Å². The molecule has 150 valence electrons. The molecular weight excluding hydrogens is 476 g/mol. The SMILES string of the molecule is COc1ccc(Br)cc1CNC(=O)c1sc(NC(=O)c2ccccc2Cl)cc1C.